The van der Waals surface area contributed by atoms with Crippen molar-refractivity contribution in [1.82, 2.24) is 9.80 Å². The van der Waals surface area contributed by atoms with E-state index in [1.54, 1.807) is 0 Å². The first kappa shape index (κ1) is 13.0. The van der Waals surface area contributed by atoms with E-state index in [0.717, 1.165) is 52.0 Å². The normalized spacial score (nSPS) is 31.1. The lowest BCUT2D eigenvalue weighted by molar-refractivity contribution is -0.00175. The van der Waals surface area contributed by atoms with E-state index in [1.165, 1.54) is 11.1 Å². The SMILES string of the molecule is CCC1=C(C)CN(C(=O)N2C3CCC2COC3)CC1. The van der Waals surface area contributed by atoms with Crippen LogP contribution in [0, 0.1) is 0 Å². The molecular formula is C15H24N2O2. The van der Waals surface area contributed by atoms with Crippen LogP contribution in [0.5, 0.6) is 0 Å². The standard InChI is InChI=1S/C15H24N2O2/c1-3-12-6-7-16(8-11(12)2)15(18)17-13-4-5-14(17)10-19-9-13/h13-14H,3-10H2,1-2H3. The maximum atomic E-state index is 12.7. The molecule has 0 aliphatic carbocycles. The van der Waals surface area contributed by atoms with Crippen molar-refractivity contribution in [1.29, 1.82) is 0 Å². The zero-order valence-electron chi connectivity index (χ0n) is 12.0. The van der Waals surface area contributed by atoms with Crippen LogP contribution in [0.4, 0.5) is 4.79 Å². The Bertz CT molecular complexity index is 389. The molecule has 2 bridgehead atoms. The van der Waals surface area contributed by atoms with Crippen molar-refractivity contribution in [3.63, 3.8) is 0 Å². The van der Waals surface area contributed by atoms with Gasteiger partial charge in [0.15, 0.2) is 0 Å². The number of urea groups is 1. The molecule has 4 heteroatoms. The van der Waals surface area contributed by atoms with Crippen LogP contribution in [0.3, 0.4) is 0 Å². The molecule has 2 fully saturated rings. The number of rotatable bonds is 1. The zero-order valence-corrected chi connectivity index (χ0v) is 12.0. The number of fused-ring (bicyclic) bond motifs is 2. The van der Waals surface area contributed by atoms with Crippen LogP contribution < -0.4 is 0 Å². The van der Waals surface area contributed by atoms with Crippen molar-refractivity contribution >= 4 is 6.03 Å². The Morgan fingerprint density at radius 2 is 2.00 bits per heavy atom. The van der Waals surface area contributed by atoms with Crippen molar-refractivity contribution in [2.45, 2.75) is 51.6 Å². The van der Waals surface area contributed by atoms with E-state index in [1.807, 2.05) is 4.90 Å². The van der Waals surface area contributed by atoms with Crippen LogP contribution >= 0.6 is 0 Å². The number of morpholine rings is 1. The topological polar surface area (TPSA) is 32.8 Å². The van der Waals surface area contributed by atoms with E-state index >= 15 is 0 Å². The fourth-order valence-corrected chi connectivity index (χ4v) is 3.71. The first-order valence-electron chi connectivity index (χ1n) is 7.53. The van der Waals surface area contributed by atoms with Crippen molar-refractivity contribution in [3.8, 4) is 0 Å². The predicted molar refractivity (Wildman–Crippen MR) is 74.0 cm³/mol. The van der Waals surface area contributed by atoms with E-state index in [9.17, 15) is 4.79 Å². The Labute approximate surface area is 115 Å². The molecule has 2 unspecified atom stereocenters. The maximum Gasteiger partial charge on any atom is 0.320 e. The number of carbonyl (C=O) groups excluding carboxylic acids is 1. The minimum atomic E-state index is 0.241. The fraction of sp³-hybridized carbons (Fsp3) is 0.800. The Kier molecular flexibility index (Phi) is 3.52. The molecular weight excluding hydrogens is 240 g/mol. The Morgan fingerprint density at radius 3 is 2.58 bits per heavy atom. The van der Waals surface area contributed by atoms with Crippen molar-refractivity contribution in [3.05, 3.63) is 11.1 Å². The van der Waals surface area contributed by atoms with Gasteiger partial charge in [-0.25, -0.2) is 4.79 Å². The summed E-state index contributed by atoms with van der Waals surface area (Å²) in [6.07, 6.45) is 4.39. The van der Waals surface area contributed by atoms with Crippen LogP contribution in [0.2, 0.25) is 0 Å². The summed E-state index contributed by atoms with van der Waals surface area (Å²) in [5.74, 6) is 0. The number of hydrogen-bond acceptors (Lipinski definition) is 2. The van der Waals surface area contributed by atoms with Gasteiger partial charge in [0.2, 0.25) is 0 Å². The highest BCUT2D eigenvalue weighted by Crippen LogP contribution is 2.31. The third-order valence-electron chi connectivity index (χ3n) is 4.87. The molecule has 19 heavy (non-hydrogen) atoms. The third-order valence-corrected chi connectivity index (χ3v) is 4.87. The average molecular weight is 264 g/mol. The molecule has 0 aromatic carbocycles. The van der Waals surface area contributed by atoms with Crippen LogP contribution in [-0.4, -0.2) is 54.2 Å². The van der Waals surface area contributed by atoms with Gasteiger partial charge in [-0.15, -0.1) is 0 Å². The van der Waals surface area contributed by atoms with Gasteiger partial charge in [-0.2, -0.15) is 0 Å². The molecule has 3 heterocycles. The van der Waals surface area contributed by atoms with Gasteiger partial charge in [-0.3, -0.25) is 0 Å². The smallest absolute Gasteiger partial charge is 0.320 e. The lowest BCUT2D eigenvalue weighted by Gasteiger charge is -2.40. The van der Waals surface area contributed by atoms with Gasteiger partial charge in [0.1, 0.15) is 0 Å². The summed E-state index contributed by atoms with van der Waals surface area (Å²) in [6, 6.07) is 0.886. The van der Waals surface area contributed by atoms with Crippen LogP contribution in [0.1, 0.15) is 39.5 Å². The third kappa shape index (κ3) is 2.27. The molecule has 3 aliphatic heterocycles. The van der Waals surface area contributed by atoms with Gasteiger partial charge < -0.3 is 14.5 Å². The fourth-order valence-electron chi connectivity index (χ4n) is 3.71. The summed E-state index contributed by atoms with van der Waals surface area (Å²) >= 11 is 0. The summed E-state index contributed by atoms with van der Waals surface area (Å²) in [6.45, 7) is 7.54. The van der Waals surface area contributed by atoms with Crippen LogP contribution in [0.15, 0.2) is 11.1 Å². The van der Waals surface area contributed by atoms with E-state index in [-0.39, 0.29) is 6.03 Å². The van der Waals surface area contributed by atoms with Gasteiger partial charge in [0.25, 0.3) is 0 Å². The van der Waals surface area contributed by atoms with E-state index in [4.69, 9.17) is 4.74 Å². The first-order chi connectivity index (χ1) is 9.20. The largest absolute Gasteiger partial charge is 0.377 e. The van der Waals surface area contributed by atoms with Crippen LogP contribution in [-0.2, 0) is 4.74 Å². The van der Waals surface area contributed by atoms with Crippen molar-refractivity contribution < 1.29 is 9.53 Å². The summed E-state index contributed by atoms with van der Waals surface area (Å²) in [5.41, 5.74) is 2.93. The molecule has 0 N–H and O–H groups in total. The molecule has 106 valence electrons. The van der Waals surface area contributed by atoms with Gasteiger partial charge in [0.05, 0.1) is 25.3 Å². The van der Waals surface area contributed by atoms with E-state index < -0.39 is 0 Å². The second kappa shape index (κ2) is 5.16. The number of hydrogen-bond donors (Lipinski definition) is 0. The molecule has 2 saturated heterocycles. The average Bonchev–Trinajstić information content (AvgIpc) is 2.67. The van der Waals surface area contributed by atoms with Crippen molar-refractivity contribution in [2.24, 2.45) is 0 Å². The molecule has 0 saturated carbocycles. The highest BCUT2D eigenvalue weighted by atomic mass is 16.5. The molecule has 3 rings (SSSR count). The van der Waals surface area contributed by atoms with Gasteiger partial charge in [-0.05, 0) is 32.6 Å². The second-order valence-corrected chi connectivity index (χ2v) is 6.02. The lowest BCUT2D eigenvalue weighted by atomic mass is 9.99. The Morgan fingerprint density at radius 1 is 1.32 bits per heavy atom. The quantitative estimate of drug-likeness (QED) is 0.681. The monoisotopic (exact) mass is 264 g/mol. The number of nitrogens with zero attached hydrogens (tertiary/aromatic N) is 2. The molecule has 2 amide bonds. The lowest BCUT2D eigenvalue weighted by Crippen LogP contribution is -2.55. The Hall–Kier alpha value is -1.03. The maximum absolute atomic E-state index is 12.7. The minimum absolute atomic E-state index is 0.241. The van der Waals surface area contributed by atoms with Crippen molar-refractivity contribution in [2.75, 3.05) is 26.3 Å². The summed E-state index contributed by atoms with van der Waals surface area (Å²) in [5, 5.41) is 0. The van der Waals surface area contributed by atoms with E-state index in [2.05, 4.69) is 18.7 Å². The predicted octanol–water partition coefficient (Wildman–Crippen LogP) is 2.40. The minimum Gasteiger partial charge on any atom is -0.377 e. The Balaban J connectivity index is 1.70. The highest BCUT2D eigenvalue weighted by Gasteiger charge is 2.42. The number of carbonyl (C=O) groups is 1. The molecule has 0 aromatic rings. The molecule has 0 radical (unpaired) electrons. The van der Waals surface area contributed by atoms with Gasteiger partial charge >= 0.3 is 6.03 Å². The van der Waals surface area contributed by atoms with Crippen LogP contribution in [0.25, 0.3) is 0 Å². The summed E-state index contributed by atoms with van der Waals surface area (Å²) in [7, 11) is 0. The molecule has 0 spiro atoms. The first-order valence-corrected chi connectivity index (χ1v) is 7.53. The van der Waals surface area contributed by atoms with Gasteiger partial charge in [-0.1, -0.05) is 18.1 Å². The van der Waals surface area contributed by atoms with E-state index in [0.29, 0.717) is 12.1 Å². The van der Waals surface area contributed by atoms with Gasteiger partial charge in [0, 0.05) is 13.1 Å². The molecule has 2 atom stereocenters. The zero-order chi connectivity index (χ0) is 13.4. The second-order valence-electron chi connectivity index (χ2n) is 6.02. The number of ether oxygens (including phenoxy) is 1. The summed E-state index contributed by atoms with van der Waals surface area (Å²) in [4.78, 5) is 16.9. The summed E-state index contributed by atoms with van der Waals surface area (Å²) < 4.78 is 5.56. The highest BCUT2D eigenvalue weighted by molar-refractivity contribution is 5.76. The molecule has 0 aromatic heterocycles. The number of amides is 2. The molecule has 3 aliphatic rings. The molecule has 4 nitrogen and oxygen atoms in total.